The van der Waals surface area contributed by atoms with Gasteiger partial charge in [-0.3, -0.25) is 24.1 Å². The van der Waals surface area contributed by atoms with E-state index in [1.165, 1.54) is 21.8 Å². The summed E-state index contributed by atoms with van der Waals surface area (Å²) in [4.78, 5) is 55.5. The molecular weight excluding hydrogens is 470 g/mol. The van der Waals surface area contributed by atoms with E-state index in [9.17, 15) is 19.2 Å². The lowest BCUT2D eigenvalue weighted by atomic mass is 9.77. The number of rotatable bonds is 4. The van der Waals surface area contributed by atoms with E-state index in [0.717, 1.165) is 16.3 Å². The number of aromatic amines is 1. The standard InChI is InChI=1S/C22H18ClN3O4S2/c23-9-1-3-10(4-2-9)24-15(27)5-6-26-20(28)16-11-7-13(17(16)21(26)29)18-12(11)8-14-19(32-18)25-22(30)31-14/h1-4,8,11,13,16-18H,5-7H2,(H,24,27)(H,25,30)/t11-,13-,16?,17?,18?/m1/s1. The van der Waals surface area contributed by atoms with Crippen molar-refractivity contribution >= 4 is 64.2 Å². The minimum Gasteiger partial charge on any atom is -0.326 e. The number of thiazole rings is 1. The summed E-state index contributed by atoms with van der Waals surface area (Å²) in [5.74, 6) is -1.12. The molecule has 3 heterocycles. The average Bonchev–Trinajstić information content (AvgIpc) is 3.47. The molecule has 3 amide bonds. The van der Waals surface area contributed by atoms with Crippen molar-refractivity contribution in [3.8, 4) is 0 Å². The highest BCUT2D eigenvalue weighted by Crippen LogP contribution is 2.64. The van der Waals surface area contributed by atoms with Crippen LogP contribution in [0.5, 0.6) is 0 Å². The molecule has 2 N–H and O–H groups in total. The molecule has 2 aliphatic heterocycles. The normalized spacial score (nSPS) is 29.6. The summed E-state index contributed by atoms with van der Waals surface area (Å²) in [5.41, 5.74) is 1.81. The Kier molecular flexibility index (Phi) is 4.64. The fourth-order valence-corrected chi connectivity index (χ4v) is 8.24. The minimum atomic E-state index is -0.341. The van der Waals surface area contributed by atoms with E-state index in [-0.39, 0.29) is 64.5 Å². The first kappa shape index (κ1) is 20.3. The van der Waals surface area contributed by atoms with E-state index < -0.39 is 0 Å². The number of halogens is 1. The van der Waals surface area contributed by atoms with Gasteiger partial charge in [0.1, 0.15) is 0 Å². The third kappa shape index (κ3) is 3.02. The summed E-state index contributed by atoms with van der Waals surface area (Å²) < 4.78 is 0. The fourth-order valence-electron chi connectivity index (χ4n) is 5.67. The number of hydrogen-bond donors (Lipinski definition) is 2. The van der Waals surface area contributed by atoms with Gasteiger partial charge in [0, 0.05) is 28.9 Å². The Labute approximate surface area is 196 Å². The Morgan fingerprint density at radius 2 is 1.91 bits per heavy atom. The molecule has 2 bridgehead atoms. The third-order valence-electron chi connectivity index (χ3n) is 6.93. The lowest BCUT2D eigenvalue weighted by molar-refractivity contribution is -0.140. The van der Waals surface area contributed by atoms with Crippen molar-refractivity contribution in [2.24, 2.45) is 23.7 Å². The highest BCUT2D eigenvalue weighted by atomic mass is 35.5. The molecule has 2 saturated carbocycles. The van der Waals surface area contributed by atoms with Crippen LogP contribution in [0.15, 0.2) is 39.7 Å². The van der Waals surface area contributed by atoms with E-state index in [4.69, 9.17) is 11.6 Å². The largest absolute Gasteiger partial charge is 0.326 e. The maximum Gasteiger partial charge on any atom is 0.305 e. The summed E-state index contributed by atoms with van der Waals surface area (Å²) in [7, 11) is 0. The zero-order valence-corrected chi connectivity index (χ0v) is 19.1. The monoisotopic (exact) mass is 487 g/mol. The molecule has 164 valence electrons. The van der Waals surface area contributed by atoms with Crippen LogP contribution in [0.2, 0.25) is 5.02 Å². The van der Waals surface area contributed by atoms with Gasteiger partial charge in [-0.15, -0.1) is 0 Å². The van der Waals surface area contributed by atoms with Crippen molar-refractivity contribution in [2.45, 2.75) is 23.1 Å². The van der Waals surface area contributed by atoms with Crippen molar-refractivity contribution in [2.75, 3.05) is 11.9 Å². The highest BCUT2D eigenvalue weighted by Gasteiger charge is 2.66. The van der Waals surface area contributed by atoms with Gasteiger partial charge in [0.05, 0.1) is 21.7 Å². The number of benzene rings is 1. The molecule has 6 rings (SSSR count). The van der Waals surface area contributed by atoms with Crippen LogP contribution in [0.1, 0.15) is 17.7 Å². The van der Waals surface area contributed by atoms with Crippen LogP contribution >= 0.6 is 34.7 Å². The van der Waals surface area contributed by atoms with Gasteiger partial charge in [0.15, 0.2) is 0 Å². The molecule has 4 aliphatic rings. The second-order valence-electron chi connectivity index (χ2n) is 8.58. The van der Waals surface area contributed by atoms with Crippen LogP contribution in [-0.2, 0) is 14.4 Å². The van der Waals surface area contributed by atoms with E-state index >= 15 is 0 Å². The number of hydrogen-bond acceptors (Lipinski definition) is 6. The molecule has 0 radical (unpaired) electrons. The topological polar surface area (TPSA) is 99.3 Å². The number of anilines is 1. The molecule has 7 nitrogen and oxygen atoms in total. The van der Waals surface area contributed by atoms with Crippen LogP contribution in [0.4, 0.5) is 5.69 Å². The first-order valence-corrected chi connectivity index (χ1v) is 12.5. The number of H-pyrrole nitrogens is 1. The summed E-state index contributed by atoms with van der Waals surface area (Å²) in [6.45, 7) is 0.0844. The number of aromatic nitrogens is 1. The van der Waals surface area contributed by atoms with Gasteiger partial charge < -0.3 is 10.3 Å². The van der Waals surface area contributed by atoms with E-state index in [2.05, 4.69) is 16.4 Å². The summed E-state index contributed by atoms with van der Waals surface area (Å²) >= 11 is 8.66. The second kappa shape index (κ2) is 7.33. The molecule has 10 heteroatoms. The number of nitrogens with zero attached hydrogens (tertiary/aromatic N) is 1. The molecule has 0 spiro atoms. The Bertz CT molecular complexity index is 1250. The van der Waals surface area contributed by atoms with Crippen LogP contribution in [0, 0.1) is 23.7 Å². The molecule has 32 heavy (non-hydrogen) atoms. The lowest BCUT2D eigenvalue weighted by Crippen LogP contribution is -2.35. The zero-order valence-electron chi connectivity index (χ0n) is 16.7. The Morgan fingerprint density at radius 3 is 2.69 bits per heavy atom. The number of nitrogens with one attached hydrogen (secondary N) is 2. The summed E-state index contributed by atoms with van der Waals surface area (Å²) in [6.07, 6.45) is 2.94. The van der Waals surface area contributed by atoms with E-state index in [1.54, 1.807) is 36.0 Å². The first-order valence-electron chi connectivity index (χ1n) is 10.4. The van der Waals surface area contributed by atoms with Crippen molar-refractivity contribution < 1.29 is 14.4 Å². The van der Waals surface area contributed by atoms with Gasteiger partial charge in [-0.05, 0) is 48.6 Å². The van der Waals surface area contributed by atoms with Crippen LogP contribution in [0.25, 0.3) is 6.08 Å². The average molecular weight is 488 g/mol. The molecular formula is C22H18ClN3O4S2. The van der Waals surface area contributed by atoms with Crippen molar-refractivity contribution in [1.82, 2.24) is 9.88 Å². The van der Waals surface area contributed by atoms with Gasteiger partial charge in [-0.1, -0.05) is 40.3 Å². The molecule has 1 aromatic carbocycles. The Morgan fingerprint density at radius 1 is 1.16 bits per heavy atom. The van der Waals surface area contributed by atoms with Crippen LogP contribution in [0.3, 0.4) is 0 Å². The number of carbonyl (C=O) groups is 3. The Balaban J connectivity index is 1.17. The quantitative estimate of drug-likeness (QED) is 0.645. The van der Waals surface area contributed by atoms with Gasteiger partial charge in [-0.25, -0.2) is 0 Å². The van der Waals surface area contributed by atoms with Crippen LogP contribution in [-0.4, -0.2) is 39.4 Å². The molecule has 1 aromatic heterocycles. The lowest BCUT2D eigenvalue weighted by Gasteiger charge is -2.32. The van der Waals surface area contributed by atoms with Crippen molar-refractivity contribution in [1.29, 1.82) is 0 Å². The summed E-state index contributed by atoms with van der Waals surface area (Å²) in [6, 6.07) is 6.77. The highest BCUT2D eigenvalue weighted by molar-refractivity contribution is 8.00. The van der Waals surface area contributed by atoms with E-state index in [1.807, 2.05) is 0 Å². The van der Waals surface area contributed by atoms with Gasteiger partial charge in [0.25, 0.3) is 0 Å². The molecule has 2 aromatic rings. The number of likely N-dealkylation sites (tertiary alicyclic amines) is 1. The molecule has 3 unspecified atom stereocenters. The van der Waals surface area contributed by atoms with Crippen molar-refractivity contribution in [3.63, 3.8) is 0 Å². The first-order chi connectivity index (χ1) is 15.4. The number of thioether (sulfide) groups is 1. The second-order valence-corrected chi connectivity index (χ2v) is 11.2. The summed E-state index contributed by atoms with van der Waals surface area (Å²) in [5, 5.41) is 4.34. The predicted octanol–water partition coefficient (Wildman–Crippen LogP) is 3.23. The van der Waals surface area contributed by atoms with Gasteiger partial charge in [0.2, 0.25) is 17.7 Å². The van der Waals surface area contributed by atoms with Crippen molar-refractivity contribution in [3.05, 3.63) is 49.4 Å². The maximum atomic E-state index is 13.2. The zero-order chi connectivity index (χ0) is 22.1. The predicted molar refractivity (Wildman–Crippen MR) is 123 cm³/mol. The molecule has 5 atom stereocenters. The van der Waals surface area contributed by atoms with Crippen LogP contribution < -0.4 is 10.2 Å². The molecule has 1 saturated heterocycles. The van der Waals surface area contributed by atoms with Gasteiger partial charge >= 0.3 is 4.87 Å². The fraction of sp³-hybridized carbons (Fsp3) is 0.364. The third-order valence-corrected chi connectivity index (χ3v) is 9.57. The number of amides is 3. The number of fused-ring (bicyclic) bond motifs is 9. The number of carbonyl (C=O) groups excluding carboxylic acids is 3. The minimum absolute atomic E-state index is 0.0391. The maximum absolute atomic E-state index is 13.2. The molecule has 3 fully saturated rings. The molecule has 2 aliphatic carbocycles. The SMILES string of the molecule is O=C(CCN1C(=O)C2C(C1=O)[C@@H]1C[C@H]2C2Sc3[nH]c(=O)sc3C=C21)Nc1ccc(Cl)cc1. The number of imide groups is 1. The van der Waals surface area contributed by atoms with E-state index in [0.29, 0.717) is 10.7 Å². The Hall–Kier alpha value is -2.36. The van der Waals surface area contributed by atoms with Gasteiger partial charge in [-0.2, -0.15) is 0 Å². The smallest absolute Gasteiger partial charge is 0.305 e.